The average molecular weight is 252 g/mol. The molecule has 19 heavy (non-hydrogen) atoms. The number of aromatic nitrogens is 2. The normalized spacial score (nSPS) is 11.3. The summed E-state index contributed by atoms with van der Waals surface area (Å²) < 4.78 is 5.32. The molecule has 3 heteroatoms. The molecule has 0 saturated carbocycles. The molecule has 0 atom stereocenters. The molecule has 3 nitrogen and oxygen atoms in total. The average Bonchev–Trinajstić information content (AvgIpc) is 2.83. The van der Waals surface area contributed by atoms with Gasteiger partial charge in [0.2, 0.25) is 0 Å². The van der Waals surface area contributed by atoms with Crippen molar-refractivity contribution in [2.75, 3.05) is 0 Å². The molecular formula is C16H16N2O. The lowest BCUT2D eigenvalue weighted by Gasteiger charge is -2.06. The van der Waals surface area contributed by atoms with Gasteiger partial charge in [-0.15, -0.1) is 0 Å². The predicted molar refractivity (Wildman–Crippen MR) is 75.1 cm³/mol. The van der Waals surface area contributed by atoms with E-state index in [4.69, 9.17) is 4.52 Å². The van der Waals surface area contributed by atoms with Crippen molar-refractivity contribution in [3.63, 3.8) is 0 Å². The van der Waals surface area contributed by atoms with Gasteiger partial charge in [0, 0.05) is 23.2 Å². The highest BCUT2D eigenvalue weighted by atomic mass is 16.5. The molecule has 0 saturated heterocycles. The van der Waals surface area contributed by atoms with Gasteiger partial charge in [-0.25, -0.2) is 0 Å². The first-order valence-electron chi connectivity index (χ1n) is 6.53. The smallest absolute Gasteiger partial charge is 0.167 e. The lowest BCUT2D eigenvalue weighted by atomic mass is 10.1. The van der Waals surface area contributed by atoms with Crippen LogP contribution in [0.4, 0.5) is 0 Å². The molecular weight excluding hydrogens is 236 g/mol. The molecule has 0 unspecified atom stereocenters. The third kappa shape index (κ3) is 2.36. The second kappa shape index (κ2) is 4.84. The Morgan fingerprint density at radius 2 is 1.89 bits per heavy atom. The molecule has 0 N–H and O–H groups in total. The second-order valence-electron chi connectivity index (χ2n) is 5.01. The minimum Gasteiger partial charge on any atom is -0.356 e. The van der Waals surface area contributed by atoms with Crippen molar-refractivity contribution in [3.05, 3.63) is 59.5 Å². The third-order valence-corrected chi connectivity index (χ3v) is 3.22. The lowest BCUT2D eigenvalue weighted by Crippen LogP contribution is -1.98. The Kier molecular flexibility index (Phi) is 3.03. The van der Waals surface area contributed by atoms with Gasteiger partial charge in [0.15, 0.2) is 5.58 Å². The van der Waals surface area contributed by atoms with Gasteiger partial charge in [-0.2, -0.15) is 0 Å². The summed E-state index contributed by atoms with van der Waals surface area (Å²) in [6, 6.07) is 14.1. The lowest BCUT2D eigenvalue weighted by molar-refractivity contribution is 0.447. The van der Waals surface area contributed by atoms with Crippen molar-refractivity contribution in [2.45, 2.75) is 26.2 Å². The van der Waals surface area contributed by atoms with Crippen LogP contribution in [0.25, 0.3) is 11.0 Å². The van der Waals surface area contributed by atoms with Crippen LogP contribution in [0.1, 0.15) is 36.8 Å². The molecule has 3 rings (SSSR count). The third-order valence-electron chi connectivity index (χ3n) is 3.22. The standard InChI is InChI=1S/C16H16N2O/c1-11(2)14-8-5-6-12(17-14)10-15-13-7-3-4-9-16(13)19-18-15/h3-9,11H,10H2,1-2H3. The van der Waals surface area contributed by atoms with Crippen molar-refractivity contribution >= 4 is 11.0 Å². The van der Waals surface area contributed by atoms with Crippen LogP contribution >= 0.6 is 0 Å². The van der Waals surface area contributed by atoms with Gasteiger partial charge in [-0.05, 0) is 30.2 Å². The van der Waals surface area contributed by atoms with Gasteiger partial charge in [0.25, 0.3) is 0 Å². The van der Waals surface area contributed by atoms with Crippen LogP contribution in [-0.4, -0.2) is 10.1 Å². The first-order chi connectivity index (χ1) is 9.24. The van der Waals surface area contributed by atoms with Crippen LogP contribution in [0.5, 0.6) is 0 Å². The van der Waals surface area contributed by atoms with E-state index in [0.29, 0.717) is 12.3 Å². The van der Waals surface area contributed by atoms with E-state index < -0.39 is 0 Å². The Bertz CT molecular complexity index is 701. The Hall–Kier alpha value is -2.16. The van der Waals surface area contributed by atoms with Gasteiger partial charge >= 0.3 is 0 Å². The van der Waals surface area contributed by atoms with E-state index in [-0.39, 0.29) is 0 Å². The SMILES string of the molecule is CC(C)c1cccc(Cc2noc3ccccc23)n1. The number of fused-ring (bicyclic) bond motifs is 1. The van der Waals surface area contributed by atoms with Crippen LogP contribution in [0.15, 0.2) is 47.0 Å². The quantitative estimate of drug-likeness (QED) is 0.708. The van der Waals surface area contributed by atoms with Crippen molar-refractivity contribution < 1.29 is 4.52 Å². The van der Waals surface area contributed by atoms with E-state index in [0.717, 1.165) is 28.1 Å². The summed E-state index contributed by atoms with van der Waals surface area (Å²) in [7, 11) is 0. The van der Waals surface area contributed by atoms with Crippen LogP contribution in [0.3, 0.4) is 0 Å². The van der Waals surface area contributed by atoms with Crippen LogP contribution in [0.2, 0.25) is 0 Å². The largest absolute Gasteiger partial charge is 0.356 e. The van der Waals surface area contributed by atoms with Gasteiger partial charge < -0.3 is 4.52 Å². The fourth-order valence-corrected chi connectivity index (χ4v) is 2.16. The maximum atomic E-state index is 5.32. The Morgan fingerprint density at radius 3 is 2.74 bits per heavy atom. The number of rotatable bonds is 3. The fraction of sp³-hybridized carbons (Fsp3) is 0.250. The molecule has 0 aliphatic carbocycles. The van der Waals surface area contributed by atoms with E-state index in [9.17, 15) is 0 Å². The molecule has 2 heterocycles. The summed E-state index contributed by atoms with van der Waals surface area (Å²) in [5.74, 6) is 0.439. The molecule has 0 amide bonds. The van der Waals surface area contributed by atoms with Crippen molar-refractivity contribution in [3.8, 4) is 0 Å². The molecule has 3 aromatic rings. The summed E-state index contributed by atoms with van der Waals surface area (Å²) in [5.41, 5.74) is 3.93. The van der Waals surface area contributed by atoms with Crippen LogP contribution < -0.4 is 0 Å². The Morgan fingerprint density at radius 1 is 1.05 bits per heavy atom. The number of pyridine rings is 1. The van der Waals surface area contributed by atoms with Crippen molar-refractivity contribution in [1.82, 2.24) is 10.1 Å². The summed E-state index contributed by atoms with van der Waals surface area (Å²) in [6.45, 7) is 4.30. The van der Waals surface area contributed by atoms with Gasteiger partial charge in [-0.1, -0.05) is 37.2 Å². The van der Waals surface area contributed by atoms with E-state index in [1.807, 2.05) is 30.3 Å². The van der Waals surface area contributed by atoms with E-state index in [2.05, 4.69) is 36.1 Å². The van der Waals surface area contributed by atoms with Gasteiger partial charge in [-0.3, -0.25) is 4.98 Å². The second-order valence-corrected chi connectivity index (χ2v) is 5.01. The maximum Gasteiger partial charge on any atom is 0.167 e. The van der Waals surface area contributed by atoms with Crippen LogP contribution in [0, 0.1) is 0 Å². The molecule has 0 aliphatic heterocycles. The predicted octanol–water partition coefficient (Wildman–Crippen LogP) is 3.94. The minimum atomic E-state index is 0.439. The van der Waals surface area contributed by atoms with E-state index in [1.165, 1.54) is 0 Å². The summed E-state index contributed by atoms with van der Waals surface area (Å²) in [6.07, 6.45) is 0.706. The highest BCUT2D eigenvalue weighted by molar-refractivity contribution is 5.79. The highest BCUT2D eigenvalue weighted by Gasteiger charge is 2.09. The minimum absolute atomic E-state index is 0.439. The molecule has 1 aromatic carbocycles. The van der Waals surface area contributed by atoms with Crippen molar-refractivity contribution in [1.29, 1.82) is 0 Å². The van der Waals surface area contributed by atoms with Crippen LogP contribution in [-0.2, 0) is 6.42 Å². The van der Waals surface area contributed by atoms with E-state index in [1.54, 1.807) is 0 Å². The first-order valence-corrected chi connectivity index (χ1v) is 6.53. The monoisotopic (exact) mass is 252 g/mol. The number of nitrogens with zero attached hydrogens (tertiary/aromatic N) is 2. The Balaban J connectivity index is 1.95. The molecule has 2 aromatic heterocycles. The summed E-state index contributed by atoms with van der Waals surface area (Å²) >= 11 is 0. The fourth-order valence-electron chi connectivity index (χ4n) is 2.16. The number of benzene rings is 1. The molecule has 0 aliphatic rings. The number of hydrogen-bond donors (Lipinski definition) is 0. The molecule has 0 radical (unpaired) electrons. The first kappa shape index (κ1) is 11.9. The number of hydrogen-bond acceptors (Lipinski definition) is 3. The molecule has 0 bridgehead atoms. The van der Waals surface area contributed by atoms with Gasteiger partial charge in [0.1, 0.15) is 0 Å². The Labute approximate surface area is 112 Å². The zero-order valence-electron chi connectivity index (χ0n) is 11.1. The molecule has 0 spiro atoms. The number of para-hydroxylation sites is 1. The zero-order chi connectivity index (χ0) is 13.2. The highest BCUT2D eigenvalue weighted by Crippen LogP contribution is 2.20. The maximum absolute atomic E-state index is 5.32. The van der Waals surface area contributed by atoms with Gasteiger partial charge in [0.05, 0.1) is 5.69 Å². The zero-order valence-corrected chi connectivity index (χ0v) is 11.1. The molecule has 96 valence electrons. The van der Waals surface area contributed by atoms with Crippen molar-refractivity contribution in [2.24, 2.45) is 0 Å². The molecule has 0 fully saturated rings. The topological polar surface area (TPSA) is 38.9 Å². The summed E-state index contributed by atoms with van der Waals surface area (Å²) in [4.78, 5) is 4.67. The van der Waals surface area contributed by atoms with E-state index >= 15 is 0 Å². The summed E-state index contributed by atoms with van der Waals surface area (Å²) in [5, 5.41) is 5.22.